The summed E-state index contributed by atoms with van der Waals surface area (Å²) in [4.78, 5) is 22.3. The SMILES string of the molecule is CC[C@H](C(=N)C(=O)OC(C)(C)C)C(=O)Cl. The largest absolute Gasteiger partial charge is 0.455 e. The van der Waals surface area contributed by atoms with Crippen molar-refractivity contribution in [2.24, 2.45) is 5.92 Å². The lowest BCUT2D eigenvalue weighted by molar-refractivity contribution is -0.146. The van der Waals surface area contributed by atoms with Crippen molar-refractivity contribution < 1.29 is 14.3 Å². The smallest absolute Gasteiger partial charge is 0.353 e. The number of rotatable bonds is 4. The van der Waals surface area contributed by atoms with E-state index in [1.54, 1.807) is 27.7 Å². The Labute approximate surface area is 94.4 Å². The molecule has 0 aromatic heterocycles. The first-order valence-electron chi connectivity index (χ1n) is 4.70. The Morgan fingerprint density at radius 1 is 1.40 bits per heavy atom. The molecule has 0 aliphatic heterocycles. The van der Waals surface area contributed by atoms with E-state index >= 15 is 0 Å². The summed E-state index contributed by atoms with van der Waals surface area (Å²) in [7, 11) is 0. The zero-order valence-corrected chi connectivity index (χ0v) is 10.1. The minimum absolute atomic E-state index is 0.320. The van der Waals surface area contributed by atoms with Crippen LogP contribution in [0.25, 0.3) is 0 Å². The summed E-state index contributed by atoms with van der Waals surface area (Å²) in [5.74, 6) is -1.66. The molecule has 0 spiro atoms. The summed E-state index contributed by atoms with van der Waals surface area (Å²) in [5.41, 5.74) is -1.05. The number of hydrogen-bond donors (Lipinski definition) is 1. The Hall–Kier alpha value is -0.900. The van der Waals surface area contributed by atoms with Gasteiger partial charge in [0.15, 0.2) is 0 Å². The van der Waals surface area contributed by atoms with Gasteiger partial charge in [-0.2, -0.15) is 0 Å². The maximum Gasteiger partial charge on any atom is 0.353 e. The van der Waals surface area contributed by atoms with E-state index < -0.39 is 22.7 Å². The molecule has 0 saturated carbocycles. The molecule has 5 heteroatoms. The summed E-state index contributed by atoms with van der Waals surface area (Å²) in [5, 5.41) is 6.78. The molecule has 86 valence electrons. The third-order valence-electron chi connectivity index (χ3n) is 1.65. The Bertz CT molecular complexity index is 281. The molecule has 1 N–H and O–H groups in total. The maximum atomic E-state index is 11.4. The van der Waals surface area contributed by atoms with Crippen molar-refractivity contribution in [3.63, 3.8) is 0 Å². The topological polar surface area (TPSA) is 67.2 Å². The number of halogens is 1. The minimum Gasteiger partial charge on any atom is -0.455 e. The van der Waals surface area contributed by atoms with Crippen LogP contribution in [-0.4, -0.2) is 22.5 Å². The molecule has 1 atom stereocenters. The molecular formula is C10H16ClNO3. The van der Waals surface area contributed by atoms with E-state index in [1.807, 2.05) is 0 Å². The number of nitrogens with one attached hydrogen (secondary N) is 1. The highest BCUT2D eigenvalue weighted by Crippen LogP contribution is 2.13. The van der Waals surface area contributed by atoms with Crippen molar-refractivity contribution in [1.82, 2.24) is 0 Å². The van der Waals surface area contributed by atoms with Gasteiger partial charge in [0.1, 0.15) is 11.3 Å². The third-order valence-corrected chi connectivity index (χ3v) is 1.91. The van der Waals surface area contributed by atoms with E-state index in [0.717, 1.165) is 0 Å². The van der Waals surface area contributed by atoms with Gasteiger partial charge < -0.3 is 4.74 Å². The van der Waals surface area contributed by atoms with E-state index in [4.69, 9.17) is 21.7 Å². The molecule has 15 heavy (non-hydrogen) atoms. The molecule has 4 nitrogen and oxygen atoms in total. The van der Waals surface area contributed by atoms with E-state index in [0.29, 0.717) is 6.42 Å². The van der Waals surface area contributed by atoms with Crippen LogP contribution < -0.4 is 0 Å². The molecule has 0 amide bonds. The fourth-order valence-electron chi connectivity index (χ4n) is 0.953. The van der Waals surface area contributed by atoms with Crippen LogP contribution in [-0.2, 0) is 14.3 Å². The monoisotopic (exact) mass is 233 g/mol. The minimum atomic E-state index is -0.874. The molecule has 0 unspecified atom stereocenters. The fourth-order valence-corrected chi connectivity index (χ4v) is 1.22. The lowest BCUT2D eigenvalue weighted by atomic mass is 10.0. The van der Waals surface area contributed by atoms with Gasteiger partial charge in [-0.15, -0.1) is 0 Å². The Balaban J connectivity index is 4.57. The number of hydrogen-bond acceptors (Lipinski definition) is 4. The standard InChI is InChI=1S/C10H16ClNO3/c1-5-6(8(11)13)7(12)9(14)15-10(2,3)4/h6,12H,5H2,1-4H3/t6-/m1/s1. The van der Waals surface area contributed by atoms with Crippen molar-refractivity contribution in [3.05, 3.63) is 0 Å². The van der Waals surface area contributed by atoms with Gasteiger partial charge in [0.05, 0.1) is 5.92 Å². The van der Waals surface area contributed by atoms with Gasteiger partial charge in [0.25, 0.3) is 0 Å². The number of carbonyl (C=O) groups excluding carboxylic acids is 2. The molecule has 0 bridgehead atoms. The van der Waals surface area contributed by atoms with Crippen molar-refractivity contribution in [3.8, 4) is 0 Å². The second-order valence-corrected chi connectivity index (χ2v) is 4.55. The zero-order valence-electron chi connectivity index (χ0n) is 9.39. The normalized spacial score (nSPS) is 13.1. The first kappa shape index (κ1) is 14.1. The van der Waals surface area contributed by atoms with E-state index in [1.165, 1.54) is 0 Å². The first-order chi connectivity index (χ1) is 6.69. The van der Waals surface area contributed by atoms with Crippen LogP contribution in [0.4, 0.5) is 0 Å². The molecule has 0 aromatic carbocycles. The van der Waals surface area contributed by atoms with Gasteiger partial charge >= 0.3 is 5.97 Å². The van der Waals surface area contributed by atoms with Crippen LogP contribution >= 0.6 is 11.6 Å². The van der Waals surface area contributed by atoms with E-state index in [2.05, 4.69) is 0 Å². The molecule has 0 aromatic rings. The quantitative estimate of drug-likeness (QED) is 0.460. The van der Waals surface area contributed by atoms with Crippen molar-refractivity contribution in [2.75, 3.05) is 0 Å². The fraction of sp³-hybridized carbons (Fsp3) is 0.700. The summed E-state index contributed by atoms with van der Waals surface area (Å²) >= 11 is 5.27. The van der Waals surface area contributed by atoms with Crippen LogP contribution in [0.5, 0.6) is 0 Å². The predicted octanol–water partition coefficient (Wildman–Crippen LogP) is 2.14. The molecule has 0 saturated heterocycles. The van der Waals surface area contributed by atoms with Crippen LogP contribution in [0.2, 0.25) is 0 Å². The third kappa shape index (κ3) is 4.93. The number of ether oxygens (including phenoxy) is 1. The van der Waals surface area contributed by atoms with Gasteiger partial charge in [0, 0.05) is 0 Å². The van der Waals surface area contributed by atoms with Gasteiger partial charge in [0.2, 0.25) is 5.24 Å². The van der Waals surface area contributed by atoms with Crippen LogP contribution in [0.15, 0.2) is 0 Å². The van der Waals surface area contributed by atoms with Crippen molar-refractivity contribution in [2.45, 2.75) is 39.7 Å². The Kier molecular flexibility index (Phi) is 4.94. The average Bonchev–Trinajstić information content (AvgIpc) is 2.01. The predicted molar refractivity (Wildman–Crippen MR) is 58.2 cm³/mol. The van der Waals surface area contributed by atoms with Crippen LogP contribution in [0.3, 0.4) is 0 Å². The maximum absolute atomic E-state index is 11.4. The second kappa shape index (κ2) is 5.26. The Morgan fingerprint density at radius 3 is 2.13 bits per heavy atom. The van der Waals surface area contributed by atoms with E-state index in [9.17, 15) is 9.59 Å². The molecular weight excluding hydrogens is 218 g/mol. The molecule has 0 aliphatic carbocycles. The summed E-state index contributed by atoms with van der Waals surface area (Å²) in [6, 6.07) is 0. The highest BCUT2D eigenvalue weighted by molar-refractivity contribution is 6.67. The summed E-state index contributed by atoms with van der Waals surface area (Å²) in [6.45, 7) is 6.77. The van der Waals surface area contributed by atoms with Gasteiger partial charge in [-0.25, -0.2) is 4.79 Å². The van der Waals surface area contributed by atoms with Gasteiger partial charge in [-0.3, -0.25) is 10.2 Å². The first-order valence-corrected chi connectivity index (χ1v) is 5.08. The highest BCUT2D eigenvalue weighted by Gasteiger charge is 2.29. The van der Waals surface area contributed by atoms with Crippen LogP contribution in [0, 0.1) is 11.3 Å². The van der Waals surface area contributed by atoms with Crippen molar-refractivity contribution >= 4 is 28.5 Å². The number of esters is 1. The molecule has 0 aliphatic rings. The second-order valence-electron chi connectivity index (χ2n) is 4.18. The van der Waals surface area contributed by atoms with Crippen LogP contribution in [0.1, 0.15) is 34.1 Å². The Morgan fingerprint density at radius 2 is 1.87 bits per heavy atom. The zero-order chi connectivity index (χ0) is 12.2. The lowest BCUT2D eigenvalue weighted by Crippen LogP contribution is -2.34. The molecule has 0 rings (SSSR count). The summed E-state index contributed by atoms with van der Waals surface area (Å²) < 4.78 is 4.96. The summed E-state index contributed by atoms with van der Waals surface area (Å²) in [6.07, 6.45) is 0.320. The lowest BCUT2D eigenvalue weighted by Gasteiger charge is -2.21. The molecule has 0 fully saturated rings. The number of carbonyl (C=O) groups is 2. The van der Waals surface area contributed by atoms with Gasteiger partial charge in [-0.1, -0.05) is 6.92 Å². The highest BCUT2D eigenvalue weighted by atomic mass is 35.5. The van der Waals surface area contributed by atoms with Crippen molar-refractivity contribution in [1.29, 1.82) is 5.41 Å². The van der Waals surface area contributed by atoms with Gasteiger partial charge in [-0.05, 0) is 38.8 Å². The molecule has 0 radical (unpaired) electrons. The average molecular weight is 234 g/mol. The van der Waals surface area contributed by atoms with E-state index in [-0.39, 0.29) is 5.71 Å². The molecule has 0 heterocycles.